The van der Waals surface area contributed by atoms with E-state index in [0.29, 0.717) is 6.54 Å². The standard InChI is InChI=1S/C11H14N4O/c12-3-1-9-10-7(2-4-16-9)8-5-13-6-14-11(8)15-10/h5-6,9H,1-4,12H2,(H,13,14,15). The molecule has 1 aliphatic heterocycles. The molecule has 16 heavy (non-hydrogen) atoms. The van der Waals surface area contributed by atoms with E-state index in [1.807, 2.05) is 6.20 Å². The van der Waals surface area contributed by atoms with Gasteiger partial charge in [-0.25, -0.2) is 9.97 Å². The van der Waals surface area contributed by atoms with Crippen LogP contribution in [0.1, 0.15) is 23.8 Å². The van der Waals surface area contributed by atoms with Crippen molar-refractivity contribution in [1.82, 2.24) is 15.0 Å². The van der Waals surface area contributed by atoms with Gasteiger partial charge in [-0.2, -0.15) is 0 Å². The Labute approximate surface area is 93.0 Å². The smallest absolute Gasteiger partial charge is 0.141 e. The number of ether oxygens (including phenoxy) is 1. The molecule has 0 saturated carbocycles. The van der Waals surface area contributed by atoms with Gasteiger partial charge in [0.1, 0.15) is 12.0 Å². The van der Waals surface area contributed by atoms with Crippen LogP contribution in [-0.4, -0.2) is 28.1 Å². The molecule has 2 aromatic heterocycles. The quantitative estimate of drug-likeness (QED) is 0.785. The lowest BCUT2D eigenvalue weighted by Crippen LogP contribution is -2.18. The van der Waals surface area contributed by atoms with E-state index < -0.39 is 0 Å². The van der Waals surface area contributed by atoms with Crippen molar-refractivity contribution in [1.29, 1.82) is 0 Å². The normalized spacial score (nSPS) is 19.9. The second-order valence-electron chi connectivity index (χ2n) is 3.99. The van der Waals surface area contributed by atoms with Crippen LogP contribution in [0.3, 0.4) is 0 Å². The van der Waals surface area contributed by atoms with Gasteiger partial charge >= 0.3 is 0 Å². The molecule has 0 spiro atoms. The van der Waals surface area contributed by atoms with Crippen molar-refractivity contribution in [2.45, 2.75) is 18.9 Å². The van der Waals surface area contributed by atoms with Gasteiger partial charge in [-0.05, 0) is 24.9 Å². The van der Waals surface area contributed by atoms with E-state index in [0.717, 1.165) is 36.2 Å². The largest absolute Gasteiger partial charge is 0.372 e. The molecule has 3 N–H and O–H groups in total. The van der Waals surface area contributed by atoms with Gasteiger partial charge in [0.2, 0.25) is 0 Å². The Kier molecular flexibility index (Phi) is 2.34. The fourth-order valence-electron chi connectivity index (χ4n) is 2.31. The molecule has 3 heterocycles. The van der Waals surface area contributed by atoms with Crippen LogP contribution in [0.5, 0.6) is 0 Å². The van der Waals surface area contributed by atoms with Crippen LogP contribution in [0.15, 0.2) is 12.5 Å². The fraction of sp³-hybridized carbons (Fsp3) is 0.455. The maximum Gasteiger partial charge on any atom is 0.141 e. The van der Waals surface area contributed by atoms with Crippen molar-refractivity contribution in [3.63, 3.8) is 0 Å². The summed E-state index contributed by atoms with van der Waals surface area (Å²) in [4.78, 5) is 11.6. The Hall–Kier alpha value is -1.46. The van der Waals surface area contributed by atoms with Crippen LogP contribution in [0.25, 0.3) is 11.0 Å². The van der Waals surface area contributed by atoms with Crippen molar-refractivity contribution in [2.24, 2.45) is 5.73 Å². The predicted octanol–water partition coefficient (Wildman–Crippen LogP) is 0.920. The molecular weight excluding hydrogens is 204 g/mol. The van der Waals surface area contributed by atoms with Crippen LogP contribution in [0.2, 0.25) is 0 Å². The van der Waals surface area contributed by atoms with E-state index in [4.69, 9.17) is 10.5 Å². The van der Waals surface area contributed by atoms with Gasteiger partial charge in [0.15, 0.2) is 0 Å². The Morgan fingerprint density at radius 2 is 2.50 bits per heavy atom. The molecule has 0 amide bonds. The summed E-state index contributed by atoms with van der Waals surface area (Å²) < 4.78 is 5.71. The highest BCUT2D eigenvalue weighted by Gasteiger charge is 2.24. The summed E-state index contributed by atoms with van der Waals surface area (Å²) in [6.45, 7) is 1.38. The minimum Gasteiger partial charge on any atom is -0.372 e. The average Bonchev–Trinajstić information content (AvgIpc) is 2.69. The molecule has 2 aromatic rings. The molecule has 1 unspecified atom stereocenters. The molecule has 84 valence electrons. The summed E-state index contributed by atoms with van der Waals surface area (Å²) in [5.74, 6) is 0. The molecule has 1 atom stereocenters. The maximum atomic E-state index is 5.71. The molecule has 0 aromatic carbocycles. The number of aromatic amines is 1. The predicted molar refractivity (Wildman–Crippen MR) is 60.0 cm³/mol. The highest BCUT2D eigenvalue weighted by Crippen LogP contribution is 2.32. The lowest BCUT2D eigenvalue weighted by atomic mass is 10.0. The summed E-state index contributed by atoms with van der Waals surface area (Å²) >= 11 is 0. The first-order valence-electron chi connectivity index (χ1n) is 5.52. The van der Waals surface area contributed by atoms with Crippen LogP contribution >= 0.6 is 0 Å². The Bertz CT molecular complexity index is 508. The van der Waals surface area contributed by atoms with E-state index in [2.05, 4.69) is 15.0 Å². The Balaban J connectivity index is 2.13. The van der Waals surface area contributed by atoms with Crippen LogP contribution < -0.4 is 5.73 Å². The molecule has 5 heteroatoms. The van der Waals surface area contributed by atoms with Gasteiger partial charge in [0, 0.05) is 17.3 Å². The van der Waals surface area contributed by atoms with Crippen molar-refractivity contribution in [2.75, 3.05) is 13.2 Å². The van der Waals surface area contributed by atoms with Gasteiger partial charge in [-0.1, -0.05) is 0 Å². The Morgan fingerprint density at radius 1 is 1.56 bits per heavy atom. The number of hydrogen-bond acceptors (Lipinski definition) is 4. The average molecular weight is 218 g/mol. The summed E-state index contributed by atoms with van der Waals surface area (Å²) in [7, 11) is 0. The number of rotatable bonds is 2. The Morgan fingerprint density at radius 3 is 3.38 bits per heavy atom. The fourth-order valence-corrected chi connectivity index (χ4v) is 2.31. The highest BCUT2D eigenvalue weighted by atomic mass is 16.5. The number of nitrogens with two attached hydrogens (primary N) is 1. The van der Waals surface area contributed by atoms with Gasteiger partial charge in [-0.15, -0.1) is 0 Å². The summed E-state index contributed by atoms with van der Waals surface area (Å²) in [6, 6.07) is 0. The minimum absolute atomic E-state index is 0.0861. The number of nitrogens with zero attached hydrogens (tertiary/aromatic N) is 2. The summed E-state index contributed by atoms with van der Waals surface area (Å²) in [6.07, 6.45) is 5.27. The third-order valence-corrected chi connectivity index (χ3v) is 3.04. The van der Waals surface area contributed by atoms with Crippen LogP contribution in [0, 0.1) is 0 Å². The van der Waals surface area contributed by atoms with E-state index in [9.17, 15) is 0 Å². The third kappa shape index (κ3) is 1.40. The van der Waals surface area contributed by atoms with Gasteiger partial charge in [-0.3, -0.25) is 0 Å². The maximum absolute atomic E-state index is 5.71. The van der Waals surface area contributed by atoms with Gasteiger partial charge < -0.3 is 15.5 Å². The SMILES string of the molecule is NCCC1OCCc2c1[nH]c1ncncc21. The zero-order valence-electron chi connectivity index (χ0n) is 8.94. The van der Waals surface area contributed by atoms with Crippen LogP contribution in [0.4, 0.5) is 0 Å². The summed E-state index contributed by atoms with van der Waals surface area (Å²) in [5, 5.41) is 1.11. The number of nitrogens with one attached hydrogen (secondary N) is 1. The molecule has 1 aliphatic rings. The molecule has 0 radical (unpaired) electrons. The topological polar surface area (TPSA) is 76.8 Å². The minimum atomic E-state index is 0.0861. The monoisotopic (exact) mass is 218 g/mol. The molecule has 3 rings (SSSR count). The van der Waals surface area contributed by atoms with E-state index >= 15 is 0 Å². The lowest BCUT2D eigenvalue weighted by molar-refractivity contribution is 0.0360. The third-order valence-electron chi connectivity index (χ3n) is 3.04. The molecule has 0 fully saturated rings. The van der Waals surface area contributed by atoms with E-state index in [1.54, 1.807) is 6.33 Å². The first-order valence-corrected chi connectivity index (χ1v) is 5.52. The second kappa shape index (κ2) is 3.84. The molecule has 0 saturated heterocycles. The number of aromatic nitrogens is 3. The van der Waals surface area contributed by atoms with E-state index in [-0.39, 0.29) is 6.10 Å². The number of H-pyrrole nitrogens is 1. The van der Waals surface area contributed by atoms with Crippen molar-refractivity contribution in [3.8, 4) is 0 Å². The molecular formula is C11H14N4O. The molecule has 0 bridgehead atoms. The van der Waals surface area contributed by atoms with Crippen molar-refractivity contribution in [3.05, 3.63) is 23.8 Å². The zero-order chi connectivity index (χ0) is 11.0. The molecule has 0 aliphatic carbocycles. The van der Waals surface area contributed by atoms with Crippen molar-refractivity contribution >= 4 is 11.0 Å². The van der Waals surface area contributed by atoms with Crippen LogP contribution in [-0.2, 0) is 11.2 Å². The highest BCUT2D eigenvalue weighted by molar-refractivity contribution is 5.80. The lowest BCUT2D eigenvalue weighted by Gasteiger charge is -2.22. The first kappa shape index (κ1) is 9.74. The van der Waals surface area contributed by atoms with E-state index in [1.165, 1.54) is 5.56 Å². The molecule has 5 nitrogen and oxygen atoms in total. The number of fused-ring (bicyclic) bond motifs is 3. The first-order chi connectivity index (χ1) is 7.90. The summed E-state index contributed by atoms with van der Waals surface area (Å²) in [5.41, 5.74) is 8.91. The van der Waals surface area contributed by atoms with Gasteiger partial charge in [0.25, 0.3) is 0 Å². The van der Waals surface area contributed by atoms with Gasteiger partial charge in [0.05, 0.1) is 12.7 Å². The van der Waals surface area contributed by atoms with Crippen molar-refractivity contribution < 1.29 is 4.74 Å². The number of hydrogen-bond donors (Lipinski definition) is 2. The zero-order valence-corrected chi connectivity index (χ0v) is 8.94. The second-order valence-corrected chi connectivity index (χ2v) is 3.99.